The Bertz CT molecular complexity index is 609. The third kappa shape index (κ3) is 2.30. The number of aromatic nitrogens is 2. The quantitative estimate of drug-likeness (QED) is 0.709. The smallest absolute Gasteiger partial charge is 0.180 e. The zero-order valence-electron chi connectivity index (χ0n) is 9.01. The van der Waals surface area contributed by atoms with E-state index in [0.29, 0.717) is 5.13 Å². The number of rotatable bonds is 3. The lowest BCUT2D eigenvalue weighted by molar-refractivity contribution is 1.20. The van der Waals surface area contributed by atoms with Crippen LogP contribution in [0.15, 0.2) is 40.7 Å². The molecule has 0 saturated carbocycles. The molecule has 3 rings (SSSR count). The van der Waals surface area contributed by atoms with Crippen LogP contribution in [-0.4, -0.2) is 9.97 Å². The van der Waals surface area contributed by atoms with Crippen LogP contribution in [0.3, 0.4) is 0 Å². The van der Waals surface area contributed by atoms with Gasteiger partial charge in [0.1, 0.15) is 0 Å². The molecule has 0 bridgehead atoms. The highest BCUT2D eigenvalue weighted by molar-refractivity contribution is 7.98. The van der Waals surface area contributed by atoms with E-state index < -0.39 is 0 Å². The second kappa shape index (κ2) is 4.43. The Morgan fingerprint density at radius 1 is 1.35 bits per heavy atom. The minimum atomic E-state index is 0.636. The maximum absolute atomic E-state index is 5.60. The molecule has 86 valence electrons. The Labute approximate surface area is 107 Å². The fourth-order valence-electron chi connectivity index (χ4n) is 1.67. The fraction of sp³-hybridized carbons (Fsp3) is 0.0833. The summed E-state index contributed by atoms with van der Waals surface area (Å²) in [6, 6.07) is 10.4. The number of nitrogens with one attached hydrogen (secondary N) is 1. The van der Waals surface area contributed by atoms with Gasteiger partial charge in [0.25, 0.3) is 0 Å². The summed E-state index contributed by atoms with van der Waals surface area (Å²) in [5.74, 6) is 0.848. The van der Waals surface area contributed by atoms with Crippen LogP contribution >= 0.6 is 23.1 Å². The van der Waals surface area contributed by atoms with E-state index in [0.717, 1.165) is 16.5 Å². The van der Waals surface area contributed by atoms with Crippen molar-refractivity contribution < 1.29 is 0 Å². The number of H-pyrrole nitrogens is 1. The lowest BCUT2D eigenvalue weighted by atomic mass is 10.3. The number of thiazole rings is 1. The monoisotopic (exact) mass is 261 g/mol. The second-order valence-corrected chi connectivity index (χ2v) is 5.59. The molecular formula is C12H11N3S2. The maximum atomic E-state index is 5.60. The van der Waals surface area contributed by atoms with Crippen LogP contribution in [0.2, 0.25) is 0 Å². The van der Waals surface area contributed by atoms with Crippen LogP contribution in [0.4, 0.5) is 5.13 Å². The Balaban J connectivity index is 1.76. The Morgan fingerprint density at radius 2 is 2.24 bits per heavy atom. The highest BCUT2D eigenvalue weighted by atomic mass is 32.2. The molecule has 0 aliphatic heterocycles. The summed E-state index contributed by atoms with van der Waals surface area (Å²) in [4.78, 5) is 7.62. The summed E-state index contributed by atoms with van der Waals surface area (Å²) in [7, 11) is 0. The van der Waals surface area contributed by atoms with Crippen molar-refractivity contribution in [2.24, 2.45) is 0 Å². The number of thioether (sulfide) groups is 1. The molecule has 0 radical (unpaired) electrons. The van der Waals surface area contributed by atoms with Crippen molar-refractivity contribution in [2.75, 3.05) is 5.73 Å². The minimum absolute atomic E-state index is 0.636. The molecular weight excluding hydrogens is 250 g/mol. The Kier molecular flexibility index (Phi) is 2.78. The van der Waals surface area contributed by atoms with E-state index in [9.17, 15) is 0 Å². The number of hydrogen-bond donors (Lipinski definition) is 2. The zero-order chi connectivity index (χ0) is 11.7. The van der Waals surface area contributed by atoms with Gasteiger partial charge < -0.3 is 10.7 Å². The summed E-state index contributed by atoms with van der Waals surface area (Å²) in [6.45, 7) is 0. The molecule has 3 aromatic rings. The standard InChI is InChI=1S/C12H11N3S2/c13-12-14-9(7-17-12)6-16-11-5-8-3-1-2-4-10(8)15-11/h1-5,7,15H,6H2,(H2,13,14). The lowest BCUT2D eigenvalue weighted by Crippen LogP contribution is -1.84. The van der Waals surface area contributed by atoms with Crippen molar-refractivity contribution in [2.45, 2.75) is 10.8 Å². The van der Waals surface area contributed by atoms with E-state index in [-0.39, 0.29) is 0 Å². The summed E-state index contributed by atoms with van der Waals surface area (Å²) in [5.41, 5.74) is 7.81. The molecule has 0 fully saturated rings. The van der Waals surface area contributed by atoms with E-state index >= 15 is 0 Å². The van der Waals surface area contributed by atoms with Gasteiger partial charge in [-0.3, -0.25) is 0 Å². The van der Waals surface area contributed by atoms with Gasteiger partial charge in [-0.25, -0.2) is 4.98 Å². The van der Waals surface area contributed by atoms with Crippen molar-refractivity contribution >= 4 is 39.1 Å². The number of hydrogen-bond acceptors (Lipinski definition) is 4. The largest absolute Gasteiger partial charge is 0.375 e. The highest BCUT2D eigenvalue weighted by Gasteiger charge is 2.03. The molecule has 0 aliphatic carbocycles. The zero-order valence-corrected chi connectivity index (χ0v) is 10.6. The minimum Gasteiger partial charge on any atom is -0.375 e. The predicted molar refractivity (Wildman–Crippen MR) is 74.4 cm³/mol. The SMILES string of the molecule is Nc1nc(CSc2cc3ccccc3[nH]2)cs1. The topological polar surface area (TPSA) is 54.7 Å². The third-order valence-electron chi connectivity index (χ3n) is 2.45. The van der Waals surface area contributed by atoms with Crippen molar-refractivity contribution in [1.82, 2.24) is 9.97 Å². The maximum Gasteiger partial charge on any atom is 0.180 e. The number of nitrogens with zero attached hydrogens (tertiary/aromatic N) is 1. The Hall–Kier alpha value is -1.46. The van der Waals surface area contributed by atoms with Gasteiger partial charge in [0.2, 0.25) is 0 Å². The van der Waals surface area contributed by atoms with Crippen molar-refractivity contribution in [1.29, 1.82) is 0 Å². The molecule has 1 aromatic carbocycles. The first-order valence-electron chi connectivity index (χ1n) is 5.22. The van der Waals surface area contributed by atoms with Gasteiger partial charge >= 0.3 is 0 Å². The fourth-order valence-corrected chi connectivity index (χ4v) is 3.18. The molecule has 0 amide bonds. The van der Waals surface area contributed by atoms with Crippen LogP contribution < -0.4 is 5.73 Å². The predicted octanol–water partition coefficient (Wildman–Crippen LogP) is 3.50. The molecule has 2 heterocycles. The number of aromatic amines is 1. The summed E-state index contributed by atoms with van der Waals surface area (Å²) >= 11 is 3.23. The van der Waals surface area contributed by atoms with E-state index in [4.69, 9.17) is 5.73 Å². The first-order chi connectivity index (χ1) is 8.31. The molecule has 0 spiro atoms. The van der Waals surface area contributed by atoms with Crippen LogP contribution in [-0.2, 0) is 5.75 Å². The molecule has 0 unspecified atom stereocenters. The Morgan fingerprint density at radius 3 is 3.00 bits per heavy atom. The van der Waals surface area contributed by atoms with Gasteiger partial charge in [0, 0.05) is 22.0 Å². The molecule has 5 heteroatoms. The normalized spacial score (nSPS) is 11.1. The first-order valence-corrected chi connectivity index (χ1v) is 7.08. The van der Waals surface area contributed by atoms with Crippen LogP contribution in [0.5, 0.6) is 0 Å². The molecule has 3 N–H and O–H groups in total. The van der Waals surface area contributed by atoms with E-state index in [1.54, 1.807) is 11.8 Å². The lowest BCUT2D eigenvalue weighted by Gasteiger charge is -1.94. The van der Waals surface area contributed by atoms with Crippen molar-refractivity contribution in [3.8, 4) is 0 Å². The van der Waals surface area contributed by atoms with Gasteiger partial charge in [0.15, 0.2) is 5.13 Å². The van der Waals surface area contributed by atoms with Crippen LogP contribution in [0.1, 0.15) is 5.69 Å². The average molecular weight is 261 g/mol. The van der Waals surface area contributed by atoms with Crippen LogP contribution in [0, 0.1) is 0 Å². The molecule has 0 atom stereocenters. The second-order valence-electron chi connectivity index (χ2n) is 3.69. The van der Waals surface area contributed by atoms with Crippen molar-refractivity contribution in [3.05, 3.63) is 41.4 Å². The van der Waals surface area contributed by atoms with Gasteiger partial charge in [-0.05, 0) is 12.1 Å². The first kappa shape index (κ1) is 10.7. The number of para-hydroxylation sites is 1. The van der Waals surface area contributed by atoms with E-state index in [2.05, 4.69) is 28.2 Å². The molecule has 2 aromatic heterocycles. The number of anilines is 1. The van der Waals surface area contributed by atoms with Gasteiger partial charge in [-0.2, -0.15) is 0 Å². The highest BCUT2D eigenvalue weighted by Crippen LogP contribution is 2.26. The van der Waals surface area contributed by atoms with E-state index in [1.807, 2.05) is 17.5 Å². The van der Waals surface area contributed by atoms with E-state index in [1.165, 1.54) is 22.2 Å². The van der Waals surface area contributed by atoms with Crippen LogP contribution in [0.25, 0.3) is 10.9 Å². The third-order valence-corrected chi connectivity index (χ3v) is 4.14. The molecule has 0 aliphatic rings. The van der Waals surface area contributed by atoms with Gasteiger partial charge in [-0.15, -0.1) is 23.1 Å². The summed E-state index contributed by atoms with van der Waals surface area (Å²) in [6.07, 6.45) is 0. The van der Waals surface area contributed by atoms with Gasteiger partial charge in [-0.1, -0.05) is 18.2 Å². The molecule has 17 heavy (non-hydrogen) atoms. The summed E-state index contributed by atoms with van der Waals surface area (Å²) in [5, 5.41) is 5.05. The average Bonchev–Trinajstić information content (AvgIpc) is 2.91. The number of fused-ring (bicyclic) bond motifs is 1. The van der Waals surface area contributed by atoms with Gasteiger partial charge in [0.05, 0.1) is 10.7 Å². The number of nitrogens with two attached hydrogens (primary N) is 1. The molecule has 3 nitrogen and oxygen atoms in total. The number of benzene rings is 1. The number of nitrogen functional groups attached to an aromatic ring is 1. The van der Waals surface area contributed by atoms with Crippen molar-refractivity contribution in [3.63, 3.8) is 0 Å². The summed E-state index contributed by atoms with van der Waals surface area (Å²) < 4.78 is 0. The molecule has 0 saturated heterocycles.